The Morgan fingerprint density at radius 2 is 1.96 bits per heavy atom. The molecule has 0 aliphatic carbocycles. The summed E-state index contributed by atoms with van der Waals surface area (Å²) in [4.78, 5) is 16.3. The van der Waals surface area contributed by atoms with Crippen LogP contribution in [0.4, 0.5) is 10.1 Å². The third-order valence-corrected chi connectivity index (χ3v) is 3.90. The number of anilines is 1. The number of carbonyl (C=O) groups excluding carboxylic acids is 1. The molecule has 3 rings (SSSR count). The van der Waals surface area contributed by atoms with E-state index in [1.54, 1.807) is 37.3 Å². The molecular formula is C20H20FN3O3. The Hall–Kier alpha value is -3.22. The third-order valence-electron chi connectivity index (χ3n) is 3.90. The summed E-state index contributed by atoms with van der Waals surface area (Å²) in [5.74, 6) is 1.01. The molecule has 0 aliphatic rings. The summed E-state index contributed by atoms with van der Waals surface area (Å²) in [7, 11) is 0. The van der Waals surface area contributed by atoms with Crippen molar-refractivity contribution in [3.05, 3.63) is 59.7 Å². The van der Waals surface area contributed by atoms with E-state index in [-0.39, 0.29) is 18.4 Å². The van der Waals surface area contributed by atoms with Crippen LogP contribution in [-0.4, -0.2) is 22.7 Å². The molecule has 2 aromatic carbocycles. The highest BCUT2D eigenvalue weighted by Gasteiger charge is 2.12. The molecule has 0 unspecified atom stereocenters. The molecule has 1 N–H and O–H groups in total. The highest BCUT2D eigenvalue weighted by atomic mass is 19.1. The van der Waals surface area contributed by atoms with Crippen molar-refractivity contribution in [1.82, 2.24) is 10.1 Å². The molecule has 1 heterocycles. The standard InChI is InChI=1S/C20H20FN3O3/c1-12(2)19-23-20(27-24-19)14-5-8-16(9-6-14)26-11-18(25)22-17-10-15(21)7-4-13(17)3/h4-10,12H,11H2,1-3H3,(H,22,25). The first-order valence-electron chi connectivity index (χ1n) is 8.55. The number of nitrogens with one attached hydrogen (secondary N) is 1. The number of hydrogen-bond acceptors (Lipinski definition) is 5. The maximum Gasteiger partial charge on any atom is 0.262 e. The molecule has 6 nitrogen and oxygen atoms in total. The van der Waals surface area contributed by atoms with Crippen molar-refractivity contribution >= 4 is 11.6 Å². The molecule has 0 bridgehead atoms. The van der Waals surface area contributed by atoms with E-state index in [0.29, 0.717) is 23.2 Å². The van der Waals surface area contributed by atoms with Crippen LogP contribution in [0.2, 0.25) is 0 Å². The van der Waals surface area contributed by atoms with Gasteiger partial charge in [-0.1, -0.05) is 25.1 Å². The number of hydrogen-bond donors (Lipinski definition) is 1. The van der Waals surface area contributed by atoms with Gasteiger partial charge in [-0.05, 0) is 48.9 Å². The number of halogens is 1. The summed E-state index contributed by atoms with van der Waals surface area (Å²) in [6.45, 7) is 5.58. The number of rotatable bonds is 6. The van der Waals surface area contributed by atoms with Crippen molar-refractivity contribution in [2.45, 2.75) is 26.7 Å². The lowest BCUT2D eigenvalue weighted by molar-refractivity contribution is -0.118. The number of aryl methyl sites for hydroxylation is 1. The fourth-order valence-electron chi connectivity index (χ4n) is 2.34. The molecule has 0 fully saturated rings. The van der Waals surface area contributed by atoms with Crippen LogP contribution in [0.5, 0.6) is 5.75 Å². The van der Waals surface area contributed by atoms with Gasteiger partial charge in [0.1, 0.15) is 11.6 Å². The topological polar surface area (TPSA) is 77.2 Å². The Kier molecular flexibility index (Phi) is 5.49. The van der Waals surface area contributed by atoms with E-state index in [4.69, 9.17) is 9.26 Å². The molecule has 27 heavy (non-hydrogen) atoms. The summed E-state index contributed by atoms with van der Waals surface area (Å²) < 4.78 is 24.0. The fraction of sp³-hybridized carbons (Fsp3) is 0.250. The van der Waals surface area contributed by atoms with Gasteiger partial charge in [-0.2, -0.15) is 4.98 Å². The molecular weight excluding hydrogens is 349 g/mol. The average Bonchev–Trinajstić information content (AvgIpc) is 3.14. The van der Waals surface area contributed by atoms with Crippen LogP contribution in [0, 0.1) is 12.7 Å². The minimum absolute atomic E-state index is 0.186. The number of nitrogens with zero attached hydrogens (tertiary/aromatic N) is 2. The lowest BCUT2D eigenvalue weighted by Gasteiger charge is -2.10. The van der Waals surface area contributed by atoms with Crippen molar-refractivity contribution in [3.63, 3.8) is 0 Å². The van der Waals surface area contributed by atoms with Crippen LogP contribution in [0.15, 0.2) is 47.0 Å². The van der Waals surface area contributed by atoms with Gasteiger partial charge in [-0.15, -0.1) is 0 Å². The van der Waals surface area contributed by atoms with E-state index < -0.39 is 5.82 Å². The predicted molar refractivity (Wildman–Crippen MR) is 99.1 cm³/mol. The maximum atomic E-state index is 13.3. The number of benzene rings is 2. The maximum absolute atomic E-state index is 13.3. The van der Waals surface area contributed by atoms with Gasteiger partial charge in [-0.25, -0.2) is 4.39 Å². The number of amides is 1. The van der Waals surface area contributed by atoms with Crippen molar-refractivity contribution in [1.29, 1.82) is 0 Å². The quantitative estimate of drug-likeness (QED) is 0.700. The van der Waals surface area contributed by atoms with Gasteiger partial charge in [0, 0.05) is 17.2 Å². The molecule has 0 spiro atoms. The molecule has 3 aromatic rings. The van der Waals surface area contributed by atoms with Gasteiger partial charge < -0.3 is 14.6 Å². The van der Waals surface area contributed by atoms with Crippen LogP contribution in [0.25, 0.3) is 11.5 Å². The van der Waals surface area contributed by atoms with Crippen LogP contribution in [0.3, 0.4) is 0 Å². The second kappa shape index (κ2) is 7.99. The van der Waals surface area contributed by atoms with E-state index in [0.717, 1.165) is 11.1 Å². The predicted octanol–water partition coefficient (Wildman–Crippen LogP) is 4.33. The Bertz CT molecular complexity index is 936. The van der Waals surface area contributed by atoms with Gasteiger partial charge in [0.15, 0.2) is 12.4 Å². The summed E-state index contributed by atoms with van der Waals surface area (Å²) in [5, 5.41) is 6.56. The van der Waals surface area contributed by atoms with Crippen molar-refractivity contribution in [3.8, 4) is 17.2 Å². The highest BCUT2D eigenvalue weighted by Crippen LogP contribution is 2.23. The van der Waals surface area contributed by atoms with Gasteiger partial charge in [-0.3, -0.25) is 4.79 Å². The Morgan fingerprint density at radius 1 is 1.22 bits per heavy atom. The van der Waals surface area contributed by atoms with E-state index >= 15 is 0 Å². The van der Waals surface area contributed by atoms with Crippen LogP contribution in [0.1, 0.15) is 31.2 Å². The molecule has 0 atom stereocenters. The third kappa shape index (κ3) is 4.69. The molecule has 1 amide bonds. The Labute approximate surface area is 156 Å². The normalized spacial score (nSPS) is 10.9. The van der Waals surface area contributed by atoms with Gasteiger partial charge in [0.05, 0.1) is 0 Å². The second-order valence-electron chi connectivity index (χ2n) is 6.43. The van der Waals surface area contributed by atoms with E-state index in [1.807, 2.05) is 13.8 Å². The van der Waals surface area contributed by atoms with Crippen LogP contribution >= 0.6 is 0 Å². The second-order valence-corrected chi connectivity index (χ2v) is 6.43. The largest absolute Gasteiger partial charge is 0.484 e. The highest BCUT2D eigenvalue weighted by molar-refractivity contribution is 5.92. The van der Waals surface area contributed by atoms with Gasteiger partial charge in [0.2, 0.25) is 0 Å². The SMILES string of the molecule is Cc1ccc(F)cc1NC(=O)COc1ccc(-c2nc(C(C)C)no2)cc1. The molecule has 7 heteroatoms. The smallest absolute Gasteiger partial charge is 0.262 e. The van der Waals surface area contributed by atoms with E-state index in [9.17, 15) is 9.18 Å². The fourth-order valence-corrected chi connectivity index (χ4v) is 2.34. The minimum Gasteiger partial charge on any atom is -0.484 e. The molecule has 0 radical (unpaired) electrons. The van der Waals surface area contributed by atoms with Gasteiger partial charge in [0.25, 0.3) is 11.8 Å². The zero-order chi connectivity index (χ0) is 19.4. The van der Waals surface area contributed by atoms with Crippen molar-refractivity contribution < 1.29 is 18.4 Å². The van der Waals surface area contributed by atoms with Crippen molar-refractivity contribution in [2.24, 2.45) is 0 Å². The zero-order valence-corrected chi connectivity index (χ0v) is 15.3. The Balaban J connectivity index is 1.58. The molecule has 0 saturated heterocycles. The Morgan fingerprint density at radius 3 is 2.63 bits per heavy atom. The number of ether oxygens (including phenoxy) is 1. The minimum atomic E-state index is -0.408. The first kappa shape index (κ1) is 18.6. The van der Waals surface area contributed by atoms with E-state index in [1.165, 1.54) is 12.1 Å². The average molecular weight is 369 g/mol. The lowest BCUT2D eigenvalue weighted by Crippen LogP contribution is -2.20. The molecule has 0 aliphatic heterocycles. The first-order valence-corrected chi connectivity index (χ1v) is 8.55. The van der Waals surface area contributed by atoms with E-state index in [2.05, 4.69) is 15.5 Å². The monoisotopic (exact) mass is 369 g/mol. The summed E-state index contributed by atoms with van der Waals surface area (Å²) in [6, 6.07) is 11.2. The van der Waals surface area contributed by atoms with Crippen LogP contribution in [-0.2, 0) is 4.79 Å². The number of carbonyl (C=O) groups is 1. The molecule has 0 saturated carbocycles. The lowest BCUT2D eigenvalue weighted by atomic mass is 10.2. The molecule has 140 valence electrons. The number of aromatic nitrogens is 2. The van der Waals surface area contributed by atoms with Crippen LogP contribution < -0.4 is 10.1 Å². The summed E-state index contributed by atoms with van der Waals surface area (Å²) in [6.07, 6.45) is 0. The van der Waals surface area contributed by atoms with Crippen molar-refractivity contribution in [2.75, 3.05) is 11.9 Å². The van der Waals surface area contributed by atoms with Gasteiger partial charge >= 0.3 is 0 Å². The molecule has 1 aromatic heterocycles. The zero-order valence-electron chi connectivity index (χ0n) is 15.3. The first-order chi connectivity index (χ1) is 12.9. The summed E-state index contributed by atoms with van der Waals surface area (Å²) in [5.41, 5.74) is 1.97. The summed E-state index contributed by atoms with van der Waals surface area (Å²) >= 11 is 0.